The van der Waals surface area contributed by atoms with E-state index >= 15 is 0 Å². The van der Waals surface area contributed by atoms with Crippen molar-refractivity contribution in [3.05, 3.63) is 22.3 Å². The Labute approximate surface area is 128 Å². The Balaban J connectivity index is 1.81. The van der Waals surface area contributed by atoms with Gasteiger partial charge in [-0.05, 0) is 19.8 Å². The fraction of sp³-hybridized carbons (Fsp3) is 0.533. The van der Waals surface area contributed by atoms with Gasteiger partial charge in [-0.3, -0.25) is 9.69 Å². The molecule has 2 heterocycles. The van der Waals surface area contributed by atoms with Crippen LogP contribution in [0.1, 0.15) is 44.0 Å². The van der Waals surface area contributed by atoms with Crippen LogP contribution in [-0.2, 0) is 9.53 Å². The van der Waals surface area contributed by atoms with Crippen LogP contribution in [0.5, 0.6) is 0 Å². The van der Waals surface area contributed by atoms with Crippen molar-refractivity contribution >= 4 is 29.3 Å². The van der Waals surface area contributed by atoms with Gasteiger partial charge in [0.15, 0.2) is 5.76 Å². The van der Waals surface area contributed by atoms with Crippen LogP contribution in [0.2, 0.25) is 0 Å². The summed E-state index contributed by atoms with van der Waals surface area (Å²) in [5, 5.41) is 2.65. The predicted molar refractivity (Wildman–Crippen MR) is 82.9 cm³/mol. The third kappa shape index (κ3) is 3.15. The SMILES string of the molecule is CCN1C(=O)/C(=C\c2nccs2)O/C1=N/C1CCCCC1. The Hall–Kier alpha value is -1.69. The lowest BCUT2D eigenvalue weighted by atomic mass is 9.96. The summed E-state index contributed by atoms with van der Waals surface area (Å²) >= 11 is 1.48. The largest absolute Gasteiger partial charge is 0.420 e. The predicted octanol–water partition coefficient (Wildman–Crippen LogP) is 3.05. The maximum Gasteiger partial charge on any atom is 0.300 e. The Bertz CT molecular complexity index is 559. The second kappa shape index (κ2) is 6.39. The maximum absolute atomic E-state index is 12.3. The van der Waals surface area contributed by atoms with E-state index in [0.29, 0.717) is 18.3 Å². The first kappa shape index (κ1) is 14.3. The maximum atomic E-state index is 12.3. The van der Waals surface area contributed by atoms with Crippen LogP contribution < -0.4 is 0 Å². The van der Waals surface area contributed by atoms with Gasteiger partial charge in [0.1, 0.15) is 5.01 Å². The van der Waals surface area contributed by atoms with Gasteiger partial charge < -0.3 is 4.74 Å². The summed E-state index contributed by atoms with van der Waals surface area (Å²) in [6.45, 7) is 2.50. The van der Waals surface area contributed by atoms with Gasteiger partial charge in [0.05, 0.1) is 6.04 Å². The van der Waals surface area contributed by atoms with Gasteiger partial charge in [-0.1, -0.05) is 19.3 Å². The first-order chi connectivity index (χ1) is 10.3. The molecule has 3 rings (SSSR count). The number of amides is 1. The summed E-state index contributed by atoms with van der Waals surface area (Å²) in [7, 11) is 0. The van der Waals surface area contributed by atoms with E-state index in [1.54, 1.807) is 17.2 Å². The molecule has 6 heteroatoms. The average Bonchev–Trinajstić information content (AvgIpc) is 3.10. The fourth-order valence-electron chi connectivity index (χ4n) is 2.67. The van der Waals surface area contributed by atoms with Crippen molar-refractivity contribution in [1.82, 2.24) is 9.88 Å². The number of hydrogen-bond acceptors (Lipinski definition) is 5. The van der Waals surface area contributed by atoms with Crippen molar-refractivity contribution in [2.24, 2.45) is 4.99 Å². The molecule has 21 heavy (non-hydrogen) atoms. The van der Waals surface area contributed by atoms with E-state index in [1.165, 1.54) is 30.6 Å². The van der Waals surface area contributed by atoms with Gasteiger partial charge in [-0.2, -0.15) is 0 Å². The second-order valence-electron chi connectivity index (χ2n) is 5.23. The van der Waals surface area contributed by atoms with Crippen LogP contribution in [0, 0.1) is 0 Å². The molecule has 0 radical (unpaired) electrons. The van der Waals surface area contributed by atoms with Crippen LogP contribution in [0.15, 0.2) is 22.3 Å². The monoisotopic (exact) mass is 305 g/mol. The van der Waals surface area contributed by atoms with Gasteiger partial charge in [0.25, 0.3) is 5.91 Å². The Morgan fingerprint density at radius 1 is 1.48 bits per heavy atom. The third-order valence-electron chi connectivity index (χ3n) is 3.78. The normalized spacial score (nSPS) is 24.0. The van der Waals surface area contributed by atoms with Crippen LogP contribution >= 0.6 is 11.3 Å². The second-order valence-corrected chi connectivity index (χ2v) is 6.16. The number of amidine groups is 1. The molecule has 1 aliphatic heterocycles. The number of thiazole rings is 1. The van der Waals surface area contributed by atoms with Crippen molar-refractivity contribution in [3.8, 4) is 0 Å². The van der Waals surface area contributed by atoms with E-state index in [4.69, 9.17) is 4.74 Å². The van der Waals surface area contributed by atoms with E-state index in [0.717, 1.165) is 17.8 Å². The zero-order valence-electron chi connectivity index (χ0n) is 12.1. The van der Waals surface area contributed by atoms with Crippen LogP contribution in [-0.4, -0.2) is 34.4 Å². The topological polar surface area (TPSA) is 54.8 Å². The highest BCUT2D eigenvalue weighted by Crippen LogP contribution is 2.25. The van der Waals surface area contributed by atoms with E-state index in [1.807, 2.05) is 12.3 Å². The zero-order valence-corrected chi connectivity index (χ0v) is 12.9. The molecule has 0 aromatic carbocycles. The lowest BCUT2D eigenvalue weighted by Crippen LogP contribution is -2.30. The van der Waals surface area contributed by atoms with E-state index in [9.17, 15) is 4.79 Å². The van der Waals surface area contributed by atoms with Crippen LogP contribution in [0.3, 0.4) is 0 Å². The van der Waals surface area contributed by atoms with Crippen LogP contribution in [0.25, 0.3) is 6.08 Å². The average molecular weight is 305 g/mol. The standard InChI is InChI=1S/C15H19N3O2S/c1-2-18-14(19)12(10-13-16-8-9-21-13)20-15(18)17-11-6-4-3-5-7-11/h8-11H,2-7H2,1H3/b12-10+,17-15+. The minimum absolute atomic E-state index is 0.123. The highest BCUT2D eigenvalue weighted by Gasteiger charge is 2.34. The number of rotatable bonds is 3. The summed E-state index contributed by atoms with van der Waals surface area (Å²) in [4.78, 5) is 22.8. The molecule has 2 fully saturated rings. The summed E-state index contributed by atoms with van der Waals surface area (Å²) in [5.41, 5.74) is 0. The molecular formula is C15H19N3O2S. The minimum atomic E-state index is -0.123. The summed E-state index contributed by atoms with van der Waals surface area (Å²) in [6, 6.07) is 0.743. The van der Waals surface area contributed by atoms with E-state index in [2.05, 4.69) is 9.98 Å². The molecule has 1 amide bonds. The summed E-state index contributed by atoms with van der Waals surface area (Å²) in [5.74, 6) is 0.198. The van der Waals surface area contributed by atoms with Gasteiger partial charge >= 0.3 is 6.02 Å². The molecule has 0 unspecified atom stereocenters. The number of aliphatic imine (C=N–C) groups is 1. The molecule has 0 atom stereocenters. The van der Waals surface area contributed by atoms with Crippen LogP contribution in [0.4, 0.5) is 0 Å². The molecule has 1 saturated heterocycles. The lowest BCUT2D eigenvalue weighted by molar-refractivity contribution is -0.122. The Morgan fingerprint density at radius 3 is 2.95 bits per heavy atom. The minimum Gasteiger partial charge on any atom is -0.420 e. The summed E-state index contributed by atoms with van der Waals surface area (Å²) in [6.07, 6.45) is 9.29. The first-order valence-electron chi connectivity index (χ1n) is 7.46. The molecule has 0 spiro atoms. The summed E-state index contributed by atoms with van der Waals surface area (Å²) < 4.78 is 5.71. The molecule has 1 aliphatic carbocycles. The molecule has 0 N–H and O–H groups in total. The van der Waals surface area contributed by atoms with Crippen molar-refractivity contribution in [2.45, 2.75) is 45.1 Å². The number of ether oxygens (including phenoxy) is 1. The Morgan fingerprint density at radius 2 is 2.29 bits per heavy atom. The number of carbonyl (C=O) groups is 1. The lowest BCUT2D eigenvalue weighted by Gasteiger charge is -2.19. The zero-order chi connectivity index (χ0) is 14.7. The highest BCUT2D eigenvalue weighted by molar-refractivity contribution is 7.10. The van der Waals surface area contributed by atoms with Gasteiger partial charge in [0.2, 0.25) is 0 Å². The number of aromatic nitrogens is 1. The van der Waals surface area contributed by atoms with Crippen molar-refractivity contribution in [1.29, 1.82) is 0 Å². The number of nitrogens with zero attached hydrogens (tertiary/aromatic N) is 3. The van der Waals surface area contributed by atoms with Gasteiger partial charge in [-0.15, -0.1) is 11.3 Å². The Kier molecular flexibility index (Phi) is 4.34. The molecular weight excluding hydrogens is 286 g/mol. The highest BCUT2D eigenvalue weighted by atomic mass is 32.1. The van der Waals surface area contributed by atoms with Gasteiger partial charge in [0, 0.05) is 24.2 Å². The van der Waals surface area contributed by atoms with E-state index < -0.39 is 0 Å². The molecule has 0 bridgehead atoms. The first-order valence-corrected chi connectivity index (χ1v) is 8.34. The molecule has 2 aliphatic rings. The number of likely N-dealkylation sites (N-methyl/N-ethyl adjacent to an activating group) is 1. The van der Waals surface area contributed by atoms with Crippen molar-refractivity contribution in [2.75, 3.05) is 6.54 Å². The fourth-order valence-corrected chi connectivity index (χ4v) is 3.23. The molecule has 1 saturated carbocycles. The smallest absolute Gasteiger partial charge is 0.300 e. The third-order valence-corrected chi connectivity index (χ3v) is 4.50. The number of carbonyl (C=O) groups excluding carboxylic acids is 1. The number of hydrogen-bond donors (Lipinski definition) is 0. The van der Waals surface area contributed by atoms with E-state index in [-0.39, 0.29) is 11.9 Å². The molecule has 112 valence electrons. The molecule has 1 aromatic heterocycles. The molecule has 5 nitrogen and oxygen atoms in total. The van der Waals surface area contributed by atoms with Gasteiger partial charge in [-0.25, -0.2) is 9.98 Å². The quantitative estimate of drug-likeness (QED) is 0.807. The van der Waals surface area contributed by atoms with Crippen molar-refractivity contribution < 1.29 is 9.53 Å². The van der Waals surface area contributed by atoms with Crippen molar-refractivity contribution in [3.63, 3.8) is 0 Å². The molecule has 1 aromatic rings.